The molecular weight excluding hydrogens is 369 g/mol. The van der Waals surface area contributed by atoms with Crippen molar-refractivity contribution in [3.05, 3.63) is 76.2 Å². The lowest BCUT2D eigenvalue weighted by Crippen LogP contribution is -2.32. The molecule has 3 aromatic rings. The SMILES string of the molecule is CC1=C(C(N)=O)C(c2ccccc2F)n2nc(-c3cccc(Cl)c3)nc2N1. The minimum Gasteiger partial charge on any atom is -0.366 e. The van der Waals surface area contributed by atoms with E-state index in [1.165, 1.54) is 10.7 Å². The van der Waals surface area contributed by atoms with Crippen molar-refractivity contribution >= 4 is 23.5 Å². The van der Waals surface area contributed by atoms with Gasteiger partial charge in [-0.1, -0.05) is 41.9 Å². The lowest BCUT2D eigenvalue weighted by atomic mass is 9.95. The third kappa shape index (κ3) is 2.96. The number of aromatic nitrogens is 3. The van der Waals surface area contributed by atoms with E-state index >= 15 is 0 Å². The number of halogens is 2. The minimum atomic E-state index is -0.819. The third-order valence-electron chi connectivity index (χ3n) is 4.40. The molecule has 1 atom stereocenters. The van der Waals surface area contributed by atoms with Crippen molar-refractivity contribution in [1.82, 2.24) is 14.8 Å². The first-order valence-corrected chi connectivity index (χ1v) is 8.58. The normalized spacial score (nSPS) is 16.0. The molecule has 0 saturated heterocycles. The summed E-state index contributed by atoms with van der Waals surface area (Å²) < 4.78 is 16.0. The maximum atomic E-state index is 14.5. The highest BCUT2D eigenvalue weighted by Crippen LogP contribution is 2.37. The molecule has 27 heavy (non-hydrogen) atoms. The Balaban J connectivity index is 1.92. The van der Waals surface area contributed by atoms with Crippen LogP contribution in [0.25, 0.3) is 11.4 Å². The standard InChI is InChI=1S/C19H15ClFN5O/c1-10-15(17(22)27)16(13-7-2-3-8-14(13)21)26-19(23-10)24-18(25-26)11-5-4-6-12(20)9-11/h2-9,16H,1H3,(H2,22,27)(H,23,24,25). The van der Waals surface area contributed by atoms with Gasteiger partial charge in [-0.15, -0.1) is 5.10 Å². The zero-order valence-electron chi connectivity index (χ0n) is 14.3. The highest BCUT2D eigenvalue weighted by molar-refractivity contribution is 6.30. The molecule has 8 heteroatoms. The Morgan fingerprint density at radius 1 is 1.26 bits per heavy atom. The van der Waals surface area contributed by atoms with Crippen molar-refractivity contribution in [3.63, 3.8) is 0 Å². The number of carbonyl (C=O) groups is 1. The first-order valence-electron chi connectivity index (χ1n) is 8.20. The van der Waals surface area contributed by atoms with Gasteiger partial charge in [0.05, 0.1) is 5.57 Å². The molecule has 1 aliphatic rings. The average Bonchev–Trinajstić information content (AvgIpc) is 3.04. The van der Waals surface area contributed by atoms with Crippen LogP contribution in [-0.2, 0) is 4.79 Å². The van der Waals surface area contributed by atoms with E-state index < -0.39 is 17.8 Å². The zero-order valence-corrected chi connectivity index (χ0v) is 15.0. The predicted molar refractivity (Wildman–Crippen MR) is 101 cm³/mol. The second-order valence-corrected chi connectivity index (χ2v) is 6.60. The molecule has 0 aliphatic carbocycles. The van der Waals surface area contributed by atoms with E-state index in [-0.39, 0.29) is 11.1 Å². The van der Waals surface area contributed by atoms with Crippen LogP contribution >= 0.6 is 11.6 Å². The second-order valence-electron chi connectivity index (χ2n) is 6.17. The van der Waals surface area contributed by atoms with E-state index in [0.717, 1.165) is 0 Å². The lowest BCUT2D eigenvalue weighted by Gasteiger charge is -2.27. The Morgan fingerprint density at radius 2 is 2.04 bits per heavy atom. The van der Waals surface area contributed by atoms with E-state index in [9.17, 15) is 9.18 Å². The van der Waals surface area contributed by atoms with Crippen LogP contribution in [-0.4, -0.2) is 20.7 Å². The topological polar surface area (TPSA) is 85.8 Å². The molecule has 2 aromatic carbocycles. The number of anilines is 1. The van der Waals surface area contributed by atoms with Gasteiger partial charge >= 0.3 is 0 Å². The van der Waals surface area contributed by atoms with Crippen LogP contribution in [0, 0.1) is 5.82 Å². The number of nitrogens with zero attached hydrogens (tertiary/aromatic N) is 3. The van der Waals surface area contributed by atoms with Gasteiger partial charge in [-0.05, 0) is 25.1 Å². The van der Waals surface area contributed by atoms with Gasteiger partial charge in [0.15, 0.2) is 5.82 Å². The van der Waals surface area contributed by atoms with Gasteiger partial charge < -0.3 is 11.1 Å². The summed E-state index contributed by atoms with van der Waals surface area (Å²) in [6.45, 7) is 1.70. The van der Waals surface area contributed by atoms with Crippen molar-refractivity contribution in [2.45, 2.75) is 13.0 Å². The summed E-state index contributed by atoms with van der Waals surface area (Å²) in [6, 6.07) is 12.5. The number of carbonyl (C=O) groups excluding carboxylic acids is 1. The summed E-state index contributed by atoms with van der Waals surface area (Å²) in [5.74, 6) is -0.319. The van der Waals surface area contributed by atoms with Crippen LogP contribution in [0.4, 0.5) is 10.3 Å². The summed E-state index contributed by atoms with van der Waals surface area (Å²) in [5, 5.41) is 8.08. The predicted octanol–water partition coefficient (Wildman–Crippen LogP) is 3.51. The maximum Gasteiger partial charge on any atom is 0.248 e. The summed E-state index contributed by atoms with van der Waals surface area (Å²) in [5.41, 5.74) is 7.32. The molecule has 6 nitrogen and oxygen atoms in total. The monoisotopic (exact) mass is 383 g/mol. The fourth-order valence-electron chi connectivity index (χ4n) is 3.20. The fourth-order valence-corrected chi connectivity index (χ4v) is 3.39. The van der Waals surface area contributed by atoms with E-state index in [1.807, 2.05) is 6.07 Å². The lowest BCUT2D eigenvalue weighted by molar-refractivity contribution is -0.115. The molecule has 1 unspecified atom stereocenters. The van der Waals surface area contributed by atoms with E-state index in [0.29, 0.717) is 28.1 Å². The highest BCUT2D eigenvalue weighted by Gasteiger charge is 2.34. The van der Waals surface area contributed by atoms with Gasteiger partial charge in [0.25, 0.3) is 0 Å². The summed E-state index contributed by atoms with van der Waals surface area (Å²) in [7, 11) is 0. The summed E-state index contributed by atoms with van der Waals surface area (Å²) >= 11 is 6.06. The first kappa shape index (κ1) is 17.2. The molecule has 0 fully saturated rings. The Labute approximate surface area is 159 Å². The van der Waals surface area contributed by atoms with Crippen LogP contribution in [0.15, 0.2) is 59.8 Å². The minimum absolute atomic E-state index is 0.232. The molecule has 136 valence electrons. The summed E-state index contributed by atoms with van der Waals surface area (Å²) in [4.78, 5) is 16.6. The van der Waals surface area contributed by atoms with Gasteiger partial charge in [0.2, 0.25) is 11.9 Å². The number of primary amides is 1. The molecule has 1 aromatic heterocycles. The molecule has 1 amide bonds. The number of benzene rings is 2. The number of amides is 1. The van der Waals surface area contributed by atoms with Gasteiger partial charge in [-0.3, -0.25) is 4.79 Å². The number of rotatable bonds is 3. The van der Waals surface area contributed by atoms with Crippen LogP contribution in [0.1, 0.15) is 18.5 Å². The number of allylic oxidation sites excluding steroid dienone is 1. The van der Waals surface area contributed by atoms with Crippen molar-refractivity contribution in [2.24, 2.45) is 5.73 Å². The Bertz CT molecular complexity index is 1090. The maximum absolute atomic E-state index is 14.5. The van der Waals surface area contributed by atoms with Gasteiger partial charge in [-0.2, -0.15) is 4.98 Å². The van der Waals surface area contributed by atoms with Gasteiger partial charge in [0.1, 0.15) is 11.9 Å². The molecule has 0 spiro atoms. The Kier molecular flexibility index (Phi) is 4.16. The Morgan fingerprint density at radius 3 is 2.74 bits per heavy atom. The fraction of sp³-hybridized carbons (Fsp3) is 0.105. The first-order chi connectivity index (χ1) is 13.0. The second kappa shape index (κ2) is 6.51. The molecule has 0 radical (unpaired) electrons. The largest absolute Gasteiger partial charge is 0.366 e. The number of fused-ring (bicyclic) bond motifs is 1. The molecule has 2 heterocycles. The van der Waals surface area contributed by atoms with Gasteiger partial charge in [0, 0.05) is 21.8 Å². The molecule has 3 N–H and O–H groups in total. The van der Waals surface area contributed by atoms with Crippen molar-refractivity contribution < 1.29 is 9.18 Å². The third-order valence-corrected chi connectivity index (χ3v) is 4.64. The Hall–Kier alpha value is -3.19. The summed E-state index contributed by atoms with van der Waals surface area (Å²) in [6.07, 6.45) is 0. The highest BCUT2D eigenvalue weighted by atomic mass is 35.5. The van der Waals surface area contributed by atoms with E-state index in [2.05, 4.69) is 15.4 Å². The zero-order chi connectivity index (χ0) is 19.1. The number of nitrogens with two attached hydrogens (primary N) is 1. The van der Waals surface area contributed by atoms with Crippen LogP contribution < -0.4 is 11.1 Å². The van der Waals surface area contributed by atoms with Crippen LogP contribution in [0.5, 0.6) is 0 Å². The van der Waals surface area contributed by atoms with Gasteiger partial charge in [-0.25, -0.2) is 9.07 Å². The number of hydrogen-bond donors (Lipinski definition) is 2. The van der Waals surface area contributed by atoms with Crippen LogP contribution in [0.2, 0.25) is 5.02 Å². The van der Waals surface area contributed by atoms with E-state index in [4.69, 9.17) is 17.3 Å². The molecule has 4 rings (SSSR count). The molecule has 0 bridgehead atoms. The van der Waals surface area contributed by atoms with E-state index in [1.54, 1.807) is 43.3 Å². The van der Waals surface area contributed by atoms with Crippen molar-refractivity contribution in [2.75, 3.05) is 5.32 Å². The molecule has 1 aliphatic heterocycles. The number of nitrogens with one attached hydrogen (secondary N) is 1. The quantitative estimate of drug-likeness (QED) is 0.724. The van der Waals surface area contributed by atoms with Crippen LogP contribution in [0.3, 0.4) is 0 Å². The molecular formula is C19H15ClFN5O. The number of hydrogen-bond acceptors (Lipinski definition) is 4. The molecule has 0 saturated carbocycles. The van der Waals surface area contributed by atoms with Crippen molar-refractivity contribution in [3.8, 4) is 11.4 Å². The smallest absolute Gasteiger partial charge is 0.248 e. The van der Waals surface area contributed by atoms with Crippen molar-refractivity contribution in [1.29, 1.82) is 0 Å². The average molecular weight is 384 g/mol.